The molecule has 4 nitrogen and oxygen atoms in total. The first-order chi connectivity index (χ1) is 11.4. The molecule has 128 valence electrons. The largest absolute Gasteiger partial charge is 0.375 e. The van der Waals surface area contributed by atoms with E-state index in [1.54, 1.807) is 12.1 Å². The van der Waals surface area contributed by atoms with E-state index < -0.39 is 11.5 Å². The average molecular weight is 450 g/mol. The predicted molar refractivity (Wildman–Crippen MR) is 102 cm³/mol. The highest BCUT2D eigenvalue weighted by Crippen LogP contribution is 2.36. The van der Waals surface area contributed by atoms with Crippen molar-refractivity contribution >= 4 is 56.8 Å². The molecule has 0 saturated heterocycles. The van der Waals surface area contributed by atoms with Gasteiger partial charge in [-0.3, -0.25) is 4.79 Å². The van der Waals surface area contributed by atoms with Crippen molar-refractivity contribution in [2.45, 2.75) is 23.9 Å². The lowest BCUT2D eigenvalue weighted by atomic mass is 9.95. The molecular weight excluding hydrogens is 435 g/mol. The first-order valence-electron chi connectivity index (χ1n) is 7.32. The number of aliphatic hydroxyl groups is 1. The zero-order valence-electron chi connectivity index (χ0n) is 12.5. The zero-order chi connectivity index (χ0) is 17.3. The molecule has 1 aromatic rings. The van der Waals surface area contributed by atoms with Gasteiger partial charge in [-0.25, -0.2) is 0 Å². The van der Waals surface area contributed by atoms with Gasteiger partial charge in [-0.1, -0.05) is 69.1 Å². The standard InChI is InChI=1S/C16H15BrCl2N2O2S/c17-8-16(23,10-6-5-9(18)7-11(10)19)14(22)21-15-20-12-3-1-2-4-13(12)24-15/h2,4-7,15,20,23H,1,3,8H2,(H,21,22). The molecule has 1 amide bonds. The van der Waals surface area contributed by atoms with Crippen molar-refractivity contribution in [2.75, 3.05) is 5.33 Å². The van der Waals surface area contributed by atoms with E-state index >= 15 is 0 Å². The van der Waals surface area contributed by atoms with E-state index in [1.165, 1.54) is 17.8 Å². The molecule has 0 saturated carbocycles. The van der Waals surface area contributed by atoms with E-state index in [4.69, 9.17) is 23.2 Å². The topological polar surface area (TPSA) is 61.4 Å². The number of allylic oxidation sites excluding steroid dienone is 3. The summed E-state index contributed by atoms with van der Waals surface area (Å²) in [4.78, 5) is 13.8. The van der Waals surface area contributed by atoms with Crippen LogP contribution in [0.4, 0.5) is 0 Å². The molecule has 0 radical (unpaired) electrons. The molecule has 1 aromatic carbocycles. The molecule has 2 unspecified atom stereocenters. The van der Waals surface area contributed by atoms with Gasteiger partial charge in [-0.2, -0.15) is 0 Å². The Labute approximate surface area is 162 Å². The van der Waals surface area contributed by atoms with E-state index in [-0.39, 0.29) is 15.9 Å². The van der Waals surface area contributed by atoms with Crippen LogP contribution in [0.5, 0.6) is 0 Å². The number of carbonyl (C=O) groups excluding carboxylic acids is 1. The Morgan fingerprint density at radius 3 is 2.96 bits per heavy atom. The number of amides is 1. The number of carbonyl (C=O) groups is 1. The van der Waals surface area contributed by atoms with Gasteiger partial charge in [-0.05, 0) is 25.0 Å². The monoisotopic (exact) mass is 448 g/mol. The molecular formula is C16H15BrCl2N2O2S. The lowest BCUT2D eigenvalue weighted by Crippen LogP contribution is -2.51. The number of rotatable bonds is 4. The van der Waals surface area contributed by atoms with Crippen LogP contribution in [-0.2, 0) is 10.4 Å². The first kappa shape index (κ1) is 18.1. The van der Waals surface area contributed by atoms with Gasteiger partial charge in [-0.15, -0.1) is 0 Å². The van der Waals surface area contributed by atoms with Crippen LogP contribution in [0.15, 0.2) is 41.0 Å². The molecule has 1 aliphatic carbocycles. The minimum Gasteiger partial charge on any atom is -0.375 e. The SMILES string of the molecule is O=C(NC1NC2=C(C=CCC2)S1)C(O)(CBr)c1ccc(Cl)cc1Cl. The molecule has 3 N–H and O–H groups in total. The van der Waals surface area contributed by atoms with Crippen LogP contribution >= 0.6 is 50.9 Å². The number of nitrogens with one attached hydrogen (secondary N) is 2. The highest BCUT2D eigenvalue weighted by Gasteiger charge is 2.40. The van der Waals surface area contributed by atoms with Crippen LogP contribution in [-0.4, -0.2) is 21.8 Å². The quantitative estimate of drug-likeness (QED) is 0.610. The minimum atomic E-state index is -1.79. The van der Waals surface area contributed by atoms with Gasteiger partial charge >= 0.3 is 0 Å². The smallest absolute Gasteiger partial charge is 0.259 e. The summed E-state index contributed by atoms with van der Waals surface area (Å²) < 4.78 is 0. The summed E-state index contributed by atoms with van der Waals surface area (Å²) >= 11 is 16.8. The summed E-state index contributed by atoms with van der Waals surface area (Å²) in [6.07, 6.45) is 6.07. The molecule has 24 heavy (non-hydrogen) atoms. The summed E-state index contributed by atoms with van der Waals surface area (Å²) in [5.74, 6) is -0.530. The van der Waals surface area contributed by atoms with Crippen LogP contribution in [0.1, 0.15) is 18.4 Å². The molecule has 0 aromatic heterocycles. The summed E-state index contributed by atoms with van der Waals surface area (Å²) in [6.45, 7) is 0. The maximum absolute atomic E-state index is 12.7. The van der Waals surface area contributed by atoms with Crippen molar-refractivity contribution in [3.05, 3.63) is 56.6 Å². The van der Waals surface area contributed by atoms with E-state index in [1.807, 2.05) is 0 Å². The predicted octanol–water partition coefficient (Wildman–Crippen LogP) is 3.87. The Morgan fingerprint density at radius 1 is 1.50 bits per heavy atom. The first-order valence-corrected chi connectivity index (χ1v) is 10.1. The van der Waals surface area contributed by atoms with Crippen molar-refractivity contribution in [1.29, 1.82) is 0 Å². The number of alkyl halides is 1. The number of hydrogen-bond acceptors (Lipinski definition) is 4. The zero-order valence-corrected chi connectivity index (χ0v) is 16.4. The van der Waals surface area contributed by atoms with Gasteiger partial charge in [0.1, 0.15) is 0 Å². The molecule has 1 heterocycles. The number of benzene rings is 1. The number of halogens is 3. The summed E-state index contributed by atoms with van der Waals surface area (Å²) in [6, 6.07) is 4.66. The highest BCUT2D eigenvalue weighted by molar-refractivity contribution is 9.09. The van der Waals surface area contributed by atoms with Gasteiger partial charge < -0.3 is 15.7 Å². The van der Waals surface area contributed by atoms with Crippen molar-refractivity contribution < 1.29 is 9.90 Å². The number of thioether (sulfide) groups is 1. The van der Waals surface area contributed by atoms with Crippen LogP contribution in [0.3, 0.4) is 0 Å². The fraction of sp³-hybridized carbons (Fsp3) is 0.312. The molecule has 2 atom stereocenters. The van der Waals surface area contributed by atoms with E-state index in [0.717, 1.165) is 23.4 Å². The van der Waals surface area contributed by atoms with Crippen LogP contribution < -0.4 is 10.6 Å². The Hall–Kier alpha value is -0.660. The Bertz CT molecular complexity index is 741. The van der Waals surface area contributed by atoms with Crippen molar-refractivity contribution in [2.24, 2.45) is 0 Å². The van der Waals surface area contributed by atoms with Crippen molar-refractivity contribution in [3.63, 3.8) is 0 Å². The van der Waals surface area contributed by atoms with Gasteiger partial charge in [0.15, 0.2) is 11.1 Å². The molecule has 0 fully saturated rings. The fourth-order valence-corrected chi connectivity index (χ4v) is 4.81. The molecule has 8 heteroatoms. The minimum absolute atomic E-state index is 0.0115. The highest BCUT2D eigenvalue weighted by atomic mass is 79.9. The maximum Gasteiger partial charge on any atom is 0.259 e. The third-order valence-electron chi connectivity index (χ3n) is 3.89. The second-order valence-corrected chi connectivity index (χ2v) is 8.07. The Kier molecular flexibility index (Phi) is 5.52. The fourth-order valence-electron chi connectivity index (χ4n) is 2.59. The summed E-state index contributed by atoms with van der Waals surface area (Å²) in [7, 11) is 0. The van der Waals surface area contributed by atoms with E-state index in [0.29, 0.717) is 10.6 Å². The molecule has 0 bridgehead atoms. The van der Waals surface area contributed by atoms with Gasteiger partial charge in [0.2, 0.25) is 0 Å². The second-order valence-electron chi connectivity index (χ2n) is 5.52. The summed E-state index contributed by atoms with van der Waals surface area (Å²) in [5.41, 5.74) is -0.673. The normalized spacial score (nSPS) is 21.9. The van der Waals surface area contributed by atoms with Gasteiger partial charge in [0.25, 0.3) is 5.91 Å². The Balaban J connectivity index is 1.76. The van der Waals surface area contributed by atoms with Crippen LogP contribution in [0.25, 0.3) is 0 Å². The summed E-state index contributed by atoms with van der Waals surface area (Å²) in [5, 5.41) is 17.7. The lowest BCUT2D eigenvalue weighted by Gasteiger charge is -2.28. The van der Waals surface area contributed by atoms with Gasteiger partial charge in [0.05, 0.1) is 0 Å². The van der Waals surface area contributed by atoms with Crippen LogP contribution in [0, 0.1) is 0 Å². The van der Waals surface area contributed by atoms with Gasteiger partial charge in [0, 0.05) is 31.5 Å². The molecule has 0 spiro atoms. The van der Waals surface area contributed by atoms with Crippen LogP contribution in [0.2, 0.25) is 10.0 Å². The third kappa shape index (κ3) is 3.48. The molecule has 2 aliphatic rings. The van der Waals surface area contributed by atoms with E-state index in [2.05, 4.69) is 38.7 Å². The van der Waals surface area contributed by atoms with E-state index in [9.17, 15) is 9.90 Å². The lowest BCUT2D eigenvalue weighted by molar-refractivity contribution is -0.138. The van der Waals surface area contributed by atoms with Crippen molar-refractivity contribution in [3.8, 4) is 0 Å². The average Bonchev–Trinajstić information content (AvgIpc) is 2.96. The molecule has 3 rings (SSSR count). The maximum atomic E-state index is 12.7. The molecule has 1 aliphatic heterocycles. The second kappa shape index (κ2) is 7.30. The third-order valence-corrected chi connectivity index (χ3v) is 6.35. The number of hydrogen-bond donors (Lipinski definition) is 3. The van der Waals surface area contributed by atoms with Crippen molar-refractivity contribution in [1.82, 2.24) is 10.6 Å². The Morgan fingerprint density at radius 2 is 2.29 bits per heavy atom.